The van der Waals surface area contributed by atoms with Crippen LogP contribution >= 0.6 is 11.6 Å². The molecule has 0 bridgehead atoms. The number of nitrogens with one attached hydrogen (secondary N) is 1. The molecule has 43 heavy (non-hydrogen) atoms. The van der Waals surface area contributed by atoms with Crippen LogP contribution in [0.5, 0.6) is 5.75 Å². The lowest BCUT2D eigenvalue weighted by Crippen LogP contribution is -2.49. The van der Waals surface area contributed by atoms with Gasteiger partial charge in [0.1, 0.15) is 17.7 Å². The summed E-state index contributed by atoms with van der Waals surface area (Å²) < 4.78 is 44.2. The number of hydrogen-bond acceptors (Lipinski definition) is 6. The third-order valence-electron chi connectivity index (χ3n) is 9.00. The lowest BCUT2D eigenvalue weighted by molar-refractivity contribution is -0.114. The predicted molar refractivity (Wildman–Crippen MR) is 161 cm³/mol. The molecule has 5 atom stereocenters. The van der Waals surface area contributed by atoms with Crippen LogP contribution in [-0.4, -0.2) is 59.3 Å². The first kappa shape index (κ1) is 31.6. The molecule has 0 aromatic heterocycles. The highest BCUT2D eigenvalue weighted by Gasteiger charge is 2.51. The molecule has 232 valence electrons. The summed E-state index contributed by atoms with van der Waals surface area (Å²) >= 11 is 6.62. The molecule has 5 N–H and O–H groups in total. The van der Waals surface area contributed by atoms with Gasteiger partial charge < -0.3 is 30.7 Å². The first-order chi connectivity index (χ1) is 20.3. The van der Waals surface area contributed by atoms with Crippen molar-refractivity contribution in [1.29, 1.82) is 0 Å². The van der Waals surface area contributed by atoms with Gasteiger partial charge >= 0.3 is 0 Å². The van der Waals surface area contributed by atoms with E-state index in [4.69, 9.17) is 26.8 Å². The number of aliphatic hydroxyl groups is 2. The third-order valence-corrected chi connectivity index (χ3v) is 9.37. The summed E-state index contributed by atoms with van der Waals surface area (Å²) in [4.78, 5) is 12.6. The van der Waals surface area contributed by atoms with E-state index in [0.29, 0.717) is 24.9 Å². The van der Waals surface area contributed by atoms with E-state index in [-0.39, 0.29) is 40.1 Å². The van der Waals surface area contributed by atoms with Gasteiger partial charge in [-0.15, -0.1) is 0 Å². The van der Waals surface area contributed by atoms with E-state index in [2.05, 4.69) is 5.32 Å². The predicted octanol–water partition coefficient (Wildman–Crippen LogP) is 5.07. The molecule has 1 amide bonds. The van der Waals surface area contributed by atoms with Crippen LogP contribution in [-0.2, 0) is 15.1 Å². The van der Waals surface area contributed by atoms with Gasteiger partial charge in [-0.1, -0.05) is 61.0 Å². The number of alkyl halides is 1. The van der Waals surface area contributed by atoms with Gasteiger partial charge in [0.2, 0.25) is 5.91 Å². The summed E-state index contributed by atoms with van der Waals surface area (Å²) in [7, 11) is 0. The molecule has 2 aromatic carbocycles. The van der Waals surface area contributed by atoms with E-state index in [9.17, 15) is 15.0 Å². The third kappa shape index (κ3) is 6.11. The average molecular weight is 617 g/mol. The number of halogens is 3. The molecule has 2 aliphatic carbocycles. The quantitative estimate of drug-likeness (QED) is 0.313. The molecule has 1 aliphatic heterocycles. The minimum absolute atomic E-state index is 0.0204. The normalized spacial score (nSPS) is 31.1. The van der Waals surface area contributed by atoms with Crippen LogP contribution < -0.4 is 15.8 Å². The van der Waals surface area contributed by atoms with Crippen LogP contribution in [0.1, 0.15) is 69.1 Å². The van der Waals surface area contributed by atoms with Gasteiger partial charge in [0.05, 0.1) is 23.3 Å². The van der Waals surface area contributed by atoms with Gasteiger partial charge in [0.25, 0.3) is 0 Å². The van der Waals surface area contributed by atoms with Crippen molar-refractivity contribution in [2.24, 2.45) is 5.73 Å². The molecule has 1 fully saturated rings. The number of rotatable bonds is 9. The first-order valence-electron chi connectivity index (χ1n) is 14.7. The molecule has 0 spiro atoms. The molecular formula is C33H39ClF2N2O5. The molecule has 0 radical (unpaired) electrons. The lowest BCUT2D eigenvalue weighted by Gasteiger charge is -2.38. The fourth-order valence-electron chi connectivity index (χ4n) is 6.54. The van der Waals surface area contributed by atoms with Crippen molar-refractivity contribution in [2.75, 3.05) is 13.2 Å². The van der Waals surface area contributed by atoms with Crippen molar-refractivity contribution < 1.29 is 33.3 Å². The number of benzene rings is 2. The molecule has 1 heterocycles. The Morgan fingerprint density at radius 2 is 1.95 bits per heavy atom. The minimum atomic E-state index is -1.93. The van der Waals surface area contributed by atoms with Gasteiger partial charge in [0, 0.05) is 46.8 Å². The monoisotopic (exact) mass is 616 g/mol. The fourth-order valence-corrected chi connectivity index (χ4v) is 6.80. The Balaban J connectivity index is 1.60. The smallest absolute Gasteiger partial charge is 0.249 e. The van der Waals surface area contributed by atoms with Crippen LogP contribution in [0.3, 0.4) is 0 Å². The second-order valence-corrected chi connectivity index (χ2v) is 12.7. The summed E-state index contributed by atoms with van der Waals surface area (Å²) in [6.07, 6.45) is 1.67. The molecule has 2 aromatic rings. The molecule has 0 saturated heterocycles. The van der Waals surface area contributed by atoms with Crippen LogP contribution in [0.25, 0.3) is 5.57 Å². The second kappa shape index (κ2) is 12.3. The van der Waals surface area contributed by atoms with Crippen molar-refractivity contribution >= 4 is 23.1 Å². The van der Waals surface area contributed by atoms with Crippen molar-refractivity contribution in [1.82, 2.24) is 5.32 Å². The van der Waals surface area contributed by atoms with Gasteiger partial charge in [-0.2, -0.15) is 0 Å². The number of carbonyl (C=O) groups is 1. The van der Waals surface area contributed by atoms with E-state index in [0.717, 1.165) is 18.4 Å². The van der Waals surface area contributed by atoms with E-state index < -0.39 is 47.2 Å². The Labute approximate surface area is 255 Å². The highest BCUT2D eigenvalue weighted by Crippen LogP contribution is 2.55. The number of fused-ring (bicyclic) bond motifs is 1. The zero-order valence-corrected chi connectivity index (χ0v) is 25.3. The van der Waals surface area contributed by atoms with Gasteiger partial charge in [-0.25, -0.2) is 8.78 Å². The summed E-state index contributed by atoms with van der Waals surface area (Å²) in [5, 5.41) is 23.4. The molecule has 10 heteroatoms. The van der Waals surface area contributed by atoms with Gasteiger partial charge in [-0.3, -0.25) is 4.79 Å². The molecule has 2 unspecified atom stereocenters. The molecular weight excluding hydrogens is 578 g/mol. The summed E-state index contributed by atoms with van der Waals surface area (Å²) in [5.74, 6) is -2.00. The second-order valence-electron chi connectivity index (χ2n) is 12.3. The lowest BCUT2D eigenvalue weighted by atomic mass is 9.75. The Morgan fingerprint density at radius 1 is 1.28 bits per heavy atom. The van der Waals surface area contributed by atoms with Gasteiger partial charge in [-0.05, 0) is 45.1 Å². The Hall–Kier alpha value is -2.82. The van der Waals surface area contributed by atoms with Crippen molar-refractivity contribution in [3.63, 3.8) is 0 Å². The maximum absolute atomic E-state index is 16.4. The zero-order valence-electron chi connectivity index (χ0n) is 24.6. The number of nitrogens with two attached hydrogens (primary N) is 1. The maximum Gasteiger partial charge on any atom is 0.249 e. The van der Waals surface area contributed by atoms with Crippen LogP contribution in [0, 0.1) is 5.82 Å². The number of aliphatic hydroxyl groups excluding tert-OH is 1. The van der Waals surface area contributed by atoms with Crippen LogP contribution in [0.4, 0.5) is 8.78 Å². The van der Waals surface area contributed by atoms with Crippen LogP contribution in [0.2, 0.25) is 5.02 Å². The Bertz CT molecular complexity index is 1420. The van der Waals surface area contributed by atoms with E-state index >= 15 is 8.78 Å². The molecule has 5 rings (SSSR count). The number of ether oxygens (including phenoxy) is 2. The summed E-state index contributed by atoms with van der Waals surface area (Å²) in [6.45, 7) is 5.47. The molecule has 1 saturated carbocycles. The standard InChI is InChI=1S/C33H39ClF2N2O5/c1-18(39)16-42-24-10-9-22(31(37)40)27(30(24)36)28-26-19(2)33(20-7-5-4-6-8-20,43-25(26)15-23(35)29(28)34)17-38-21-11-13-32(3,41)14-12-21/h4-10,15,18-19,21,24,30,38-39,41H,11-14,16-17H2,1-3H3,(H2,37,40)/t18-,19-,21?,24?,30?,32?,33-/m0/s1. The summed E-state index contributed by atoms with van der Waals surface area (Å²) in [6, 6.07) is 10.9. The zero-order chi connectivity index (χ0) is 31.1. The van der Waals surface area contributed by atoms with Crippen LogP contribution in [0.15, 0.2) is 54.1 Å². The molecule has 7 nitrogen and oxygen atoms in total. The van der Waals surface area contributed by atoms with E-state index in [1.165, 1.54) is 25.1 Å². The van der Waals surface area contributed by atoms with E-state index in [1.807, 2.05) is 44.2 Å². The highest BCUT2D eigenvalue weighted by molar-refractivity contribution is 6.33. The largest absolute Gasteiger partial charge is 0.480 e. The highest BCUT2D eigenvalue weighted by atomic mass is 35.5. The Morgan fingerprint density at radius 3 is 2.58 bits per heavy atom. The van der Waals surface area contributed by atoms with Gasteiger partial charge in [0.15, 0.2) is 11.8 Å². The van der Waals surface area contributed by atoms with Crippen molar-refractivity contribution in [3.8, 4) is 5.75 Å². The number of primary amides is 1. The SMILES string of the molecule is C[C@H](O)COC1C=CC(C(N)=O)=C(c2c(Cl)c(F)cc3c2[C@H](C)[C@@](CNC2CCC(C)(O)CC2)(c2ccccc2)O3)C1F. The number of carbonyl (C=O) groups excluding carboxylic acids is 1. The number of amides is 1. The average Bonchev–Trinajstić information content (AvgIpc) is 3.24. The van der Waals surface area contributed by atoms with E-state index in [1.54, 1.807) is 0 Å². The summed E-state index contributed by atoms with van der Waals surface area (Å²) in [5.41, 5.74) is 4.98. The number of hydrogen-bond donors (Lipinski definition) is 4. The topological polar surface area (TPSA) is 114 Å². The maximum atomic E-state index is 16.4. The Kier molecular flexibility index (Phi) is 9.03. The first-order valence-corrected chi connectivity index (χ1v) is 15.1. The minimum Gasteiger partial charge on any atom is -0.480 e. The van der Waals surface area contributed by atoms with Crippen molar-refractivity contribution in [2.45, 2.75) is 88.0 Å². The fraction of sp³-hybridized carbons (Fsp3) is 0.485. The molecule has 3 aliphatic rings. The van der Waals surface area contributed by atoms with Crippen molar-refractivity contribution in [3.05, 3.63) is 81.7 Å².